The van der Waals surface area contributed by atoms with Gasteiger partial charge in [0.2, 0.25) is 6.79 Å². The molecule has 7 nitrogen and oxygen atoms in total. The van der Waals surface area contributed by atoms with Gasteiger partial charge in [-0.3, -0.25) is 10.1 Å². The molecular formula is C14H10N4O3S2. The molecule has 4 rings (SSSR count). The topological polar surface area (TPSA) is 86.2 Å². The van der Waals surface area contributed by atoms with Crippen LogP contribution < -0.4 is 14.8 Å². The highest BCUT2D eigenvalue weighted by molar-refractivity contribution is 7.14. The maximum absolute atomic E-state index is 12.1. The lowest BCUT2D eigenvalue weighted by Gasteiger charge is -2.00. The van der Waals surface area contributed by atoms with Crippen LogP contribution in [0.15, 0.2) is 23.6 Å². The van der Waals surface area contributed by atoms with E-state index in [9.17, 15) is 4.79 Å². The molecule has 1 N–H and O–H groups in total. The Kier molecular flexibility index (Phi) is 3.43. The molecule has 1 aromatic carbocycles. The van der Waals surface area contributed by atoms with Crippen LogP contribution >= 0.6 is 22.9 Å². The van der Waals surface area contributed by atoms with Gasteiger partial charge >= 0.3 is 0 Å². The van der Waals surface area contributed by atoms with E-state index in [4.69, 9.17) is 9.47 Å². The van der Waals surface area contributed by atoms with E-state index < -0.39 is 0 Å². The Bertz CT molecular complexity index is 890. The molecule has 0 bridgehead atoms. The van der Waals surface area contributed by atoms with Crippen molar-refractivity contribution in [2.24, 2.45) is 0 Å². The maximum Gasteiger partial charge on any atom is 0.271 e. The molecule has 3 heterocycles. The van der Waals surface area contributed by atoms with Gasteiger partial charge < -0.3 is 9.47 Å². The van der Waals surface area contributed by atoms with Crippen LogP contribution in [0.25, 0.3) is 11.3 Å². The SMILES string of the molecule is Cc1nnsc1C(=O)Nc1nc(-c2ccc3c(c2)OCO3)cs1. The molecule has 0 aliphatic carbocycles. The van der Waals surface area contributed by atoms with Crippen LogP contribution in [0.5, 0.6) is 11.5 Å². The maximum atomic E-state index is 12.1. The van der Waals surface area contributed by atoms with Gasteiger partial charge in [0.1, 0.15) is 4.88 Å². The minimum Gasteiger partial charge on any atom is -0.454 e. The fourth-order valence-electron chi connectivity index (χ4n) is 2.11. The fourth-order valence-corrected chi connectivity index (χ4v) is 3.38. The van der Waals surface area contributed by atoms with E-state index in [1.807, 2.05) is 23.6 Å². The van der Waals surface area contributed by atoms with Gasteiger partial charge in [0.15, 0.2) is 16.6 Å². The Hall–Kier alpha value is -2.52. The van der Waals surface area contributed by atoms with E-state index in [0.29, 0.717) is 21.5 Å². The van der Waals surface area contributed by atoms with Crippen LogP contribution in [0, 0.1) is 6.92 Å². The molecule has 1 aliphatic heterocycles. The number of benzene rings is 1. The number of ether oxygens (including phenoxy) is 2. The zero-order valence-corrected chi connectivity index (χ0v) is 13.5. The predicted molar refractivity (Wildman–Crippen MR) is 86.3 cm³/mol. The summed E-state index contributed by atoms with van der Waals surface area (Å²) >= 11 is 2.42. The summed E-state index contributed by atoms with van der Waals surface area (Å²) in [5.74, 6) is 1.18. The number of nitrogens with one attached hydrogen (secondary N) is 1. The first kappa shape index (κ1) is 14.1. The smallest absolute Gasteiger partial charge is 0.271 e. The first-order chi connectivity index (χ1) is 11.2. The van der Waals surface area contributed by atoms with Gasteiger partial charge in [-0.05, 0) is 36.7 Å². The van der Waals surface area contributed by atoms with E-state index >= 15 is 0 Å². The van der Waals surface area contributed by atoms with Crippen molar-refractivity contribution in [3.63, 3.8) is 0 Å². The number of amides is 1. The summed E-state index contributed by atoms with van der Waals surface area (Å²) in [5, 5.41) is 9.00. The Morgan fingerprint density at radius 3 is 3.00 bits per heavy atom. The van der Waals surface area contributed by atoms with Crippen LogP contribution in [-0.2, 0) is 0 Å². The van der Waals surface area contributed by atoms with Crippen molar-refractivity contribution < 1.29 is 14.3 Å². The van der Waals surface area contributed by atoms with Crippen molar-refractivity contribution >= 4 is 33.9 Å². The van der Waals surface area contributed by atoms with Crippen LogP contribution in [0.1, 0.15) is 15.4 Å². The highest BCUT2D eigenvalue weighted by Crippen LogP contribution is 2.36. The molecule has 0 atom stereocenters. The third kappa shape index (κ3) is 2.64. The molecule has 0 saturated heterocycles. The van der Waals surface area contributed by atoms with Crippen LogP contribution in [0.3, 0.4) is 0 Å². The average molecular weight is 346 g/mol. The molecule has 0 spiro atoms. The highest BCUT2D eigenvalue weighted by Gasteiger charge is 2.17. The van der Waals surface area contributed by atoms with Crippen molar-refractivity contribution in [2.75, 3.05) is 12.1 Å². The minimum atomic E-state index is -0.246. The third-order valence-electron chi connectivity index (χ3n) is 3.25. The van der Waals surface area contributed by atoms with Crippen molar-refractivity contribution in [1.29, 1.82) is 0 Å². The van der Waals surface area contributed by atoms with Crippen LogP contribution in [0.2, 0.25) is 0 Å². The van der Waals surface area contributed by atoms with E-state index in [1.54, 1.807) is 6.92 Å². The summed E-state index contributed by atoms with van der Waals surface area (Å²) < 4.78 is 14.4. The molecule has 1 aliphatic rings. The Balaban J connectivity index is 1.55. The lowest BCUT2D eigenvalue weighted by Crippen LogP contribution is -2.11. The summed E-state index contributed by atoms with van der Waals surface area (Å²) in [6, 6.07) is 5.63. The second kappa shape index (κ2) is 5.60. The van der Waals surface area contributed by atoms with Gasteiger partial charge in [-0.25, -0.2) is 4.98 Å². The number of thiazole rings is 1. The summed E-state index contributed by atoms with van der Waals surface area (Å²) in [4.78, 5) is 17.1. The summed E-state index contributed by atoms with van der Waals surface area (Å²) in [7, 11) is 0. The molecule has 3 aromatic rings. The Morgan fingerprint density at radius 1 is 1.30 bits per heavy atom. The number of aryl methyl sites for hydroxylation is 1. The third-order valence-corrected chi connectivity index (χ3v) is 4.84. The number of anilines is 1. The first-order valence-electron chi connectivity index (χ1n) is 6.66. The lowest BCUT2D eigenvalue weighted by atomic mass is 10.1. The van der Waals surface area contributed by atoms with Crippen molar-refractivity contribution in [2.45, 2.75) is 6.92 Å². The predicted octanol–water partition coefficient (Wildman–Crippen LogP) is 2.95. The number of nitrogens with zero attached hydrogens (tertiary/aromatic N) is 3. The summed E-state index contributed by atoms with van der Waals surface area (Å²) in [5.41, 5.74) is 2.28. The van der Waals surface area contributed by atoms with E-state index in [-0.39, 0.29) is 12.7 Å². The summed E-state index contributed by atoms with van der Waals surface area (Å²) in [6.07, 6.45) is 0. The molecule has 1 amide bonds. The van der Waals surface area contributed by atoms with Crippen molar-refractivity contribution in [1.82, 2.24) is 14.6 Å². The highest BCUT2D eigenvalue weighted by atomic mass is 32.1. The molecule has 2 aromatic heterocycles. The van der Waals surface area contributed by atoms with E-state index in [1.165, 1.54) is 11.3 Å². The molecule has 0 fully saturated rings. The zero-order valence-electron chi connectivity index (χ0n) is 11.9. The monoisotopic (exact) mass is 346 g/mol. The normalized spacial score (nSPS) is 12.4. The van der Waals surface area contributed by atoms with Gasteiger partial charge in [0.05, 0.1) is 11.4 Å². The number of rotatable bonds is 3. The van der Waals surface area contributed by atoms with Gasteiger partial charge in [-0.15, -0.1) is 16.4 Å². The summed E-state index contributed by atoms with van der Waals surface area (Å²) in [6.45, 7) is 1.98. The Labute approximate surface area is 139 Å². The molecule has 0 radical (unpaired) electrons. The number of fused-ring (bicyclic) bond motifs is 1. The van der Waals surface area contributed by atoms with Crippen LogP contribution in [0.4, 0.5) is 5.13 Å². The molecule has 23 heavy (non-hydrogen) atoms. The number of hydrogen-bond donors (Lipinski definition) is 1. The largest absolute Gasteiger partial charge is 0.454 e. The van der Waals surface area contributed by atoms with Crippen molar-refractivity contribution in [3.8, 4) is 22.8 Å². The molecule has 0 saturated carbocycles. The first-order valence-corrected chi connectivity index (χ1v) is 8.32. The minimum absolute atomic E-state index is 0.236. The van der Waals surface area contributed by atoms with Crippen molar-refractivity contribution in [3.05, 3.63) is 34.2 Å². The zero-order chi connectivity index (χ0) is 15.8. The standard InChI is InChI=1S/C14H10N4O3S2/c1-7-12(23-18-17-7)13(19)16-14-15-9(5-22-14)8-2-3-10-11(4-8)21-6-20-10/h2-5H,6H2,1H3,(H,15,16,19). The Morgan fingerprint density at radius 2 is 2.17 bits per heavy atom. The number of hydrogen-bond acceptors (Lipinski definition) is 8. The van der Waals surface area contributed by atoms with Gasteiger partial charge in [0.25, 0.3) is 5.91 Å². The van der Waals surface area contributed by atoms with Gasteiger partial charge in [0, 0.05) is 10.9 Å². The quantitative estimate of drug-likeness (QED) is 0.785. The average Bonchev–Trinajstić information content (AvgIpc) is 3.26. The van der Waals surface area contributed by atoms with E-state index in [2.05, 4.69) is 19.9 Å². The molecular weight excluding hydrogens is 336 g/mol. The number of carbonyl (C=O) groups is 1. The van der Waals surface area contributed by atoms with E-state index in [0.717, 1.165) is 28.5 Å². The van der Waals surface area contributed by atoms with Gasteiger partial charge in [-0.2, -0.15) is 0 Å². The van der Waals surface area contributed by atoms with Gasteiger partial charge in [-0.1, -0.05) is 4.49 Å². The second-order valence-electron chi connectivity index (χ2n) is 4.75. The molecule has 116 valence electrons. The number of carbonyl (C=O) groups excluding carboxylic acids is 1. The number of aromatic nitrogens is 3. The molecule has 0 unspecified atom stereocenters. The second-order valence-corrected chi connectivity index (χ2v) is 6.36. The van der Waals surface area contributed by atoms with Crippen LogP contribution in [-0.4, -0.2) is 27.3 Å². The fraction of sp³-hybridized carbons (Fsp3) is 0.143. The lowest BCUT2D eigenvalue weighted by molar-refractivity contribution is 0.103. The molecule has 9 heteroatoms.